The number of alkyl halides is 2. The van der Waals surface area contributed by atoms with Gasteiger partial charge in [-0.05, 0) is 43.0 Å². The van der Waals surface area contributed by atoms with Crippen LogP contribution in [-0.2, 0) is 11.8 Å². The Morgan fingerprint density at radius 3 is 2.46 bits per heavy atom. The number of hydrogen-bond acceptors (Lipinski definition) is 2. The van der Waals surface area contributed by atoms with E-state index < -0.39 is 24.2 Å². The van der Waals surface area contributed by atoms with Crippen molar-refractivity contribution in [1.29, 1.82) is 0 Å². The van der Waals surface area contributed by atoms with Gasteiger partial charge < -0.3 is 5.32 Å². The van der Waals surface area contributed by atoms with E-state index in [9.17, 15) is 18.0 Å². The Morgan fingerprint density at radius 1 is 1.29 bits per heavy atom. The van der Waals surface area contributed by atoms with Crippen LogP contribution >= 0.6 is 0 Å². The van der Waals surface area contributed by atoms with Crippen LogP contribution in [0, 0.1) is 11.7 Å². The monoisotopic (exact) mass is 335 g/mol. The van der Waals surface area contributed by atoms with Gasteiger partial charge in [0.15, 0.2) is 0 Å². The minimum atomic E-state index is -2.90. The van der Waals surface area contributed by atoms with E-state index in [1.54, 1.807) is 19.2 Å². The number of benzene rings is 1. The molecule has 2 aliphatic carbocycles. The van der Waals surface area contributed by atoms with E-state index in [0.717, 1.165) is 24.0 Å². The zero-order valence-corrected chi connectivity index (χ0v) is 13.0. The van der Waals surface area contributed by atoms with Gasteiger partial charge in [-0.15, -0.1) is 0 Å². The molecule has 24 heavy (non-hydrogen) atoms. The van der Waals surface area contributed by atoms with Crippen LogP contribution in [0.25, 0.3) is 11.3 Å². The van der Waals surface area contributed by atoms with Crippen LogP contribution in [0.3, 0.4) is 0 Å². The highest BCUT2D eigenvalue weighted by Crippen LogP contribution is 2.51. The standard InChI is InChI=1S/C17H16F3N3O/c1-23-15(21-16(24)12-8-17(12,19)20)13(9-2-3-9)14(22-23)10-4-6-11(18)7-5-10/h4-7,9,12H,2-3,8H2,1H3,(H,21,24)/t12-/m0/s1. The molecule has 1 aromatic heterocycles. The Labute approximate surface area is 136 Å². The van der Waals surface area contributed by atoms with Gasteiger partial charge in [0.05, 0.1) is 5.69 Å². The maximum absolute atomic E-state index is 13.1. The van der Waals surface area contributed by atoms with E-state index in [2.05, 4.69) is 10.4 Å². The largest absolute Gasteiger partial charge is 0.310 e. The van der Waals surface area contributed by atoms with Gasteiger partial charge in [-0.2, -0.15) is 5.10 Å². The third kappa shape index (κ3) is 2.57. The lowest BCUT2D eigenvalue weighted by atomic mass is 10.0. The Kier molecular flexibility index (Phi) is 3.23. The van der Waals surface area contributed by atoms with Crippen molar-refractivity contribution < 1.29 is 18.0 Å². The van der Waals surface area contributed by atoms with Gasteiger partial charge in [0.25, 0.3) is 5.92 Å². The first kappa shape index (κ1) is 15.2. The lowest BCUT2D eigenvalue weighted by molar-refractivity contribution is -0.119. The molecule has 0 saturated heterocycles. The number of hydrogen-bond donors (Lipinski definition) is 1. The second-order valence-electron chi connectivity index (χ2n) is 6.52. The third-order valence-electron chi connectivity index (χ3n) is 4.57. The fourth-order valence-electron chi connectivity index (χ4n) is 2.97. The summed E-state index contributed by atoms with van der Waals surface area (Å²) in [6.07, 6.45) is 1.52. The SMILES string of the molecule is Cn1nc(-c2ccc(F)cc2)c(C2CC2)c1NC(=O)[C@@H]1CC1(F)F. The van der Waals surface area contributed by atoms with Gasteiger partial charge in [-0.3, -0.25) is 9.48 Å². The van der Waals surface area contributed by atoms with Gasteiger partial charge >= 0.3 is 0 Å². The number of nitrogens with one attached hydrogen (secondary N) is 1. The number of carbonyl (C=O) groups is 1. The number of aromatic nitrogens is 2. The molecule has 4 nitrogen and oxygen atoms in total. The quantitative estimate of drug-likeness (QED) is 0.926. The van der Waals surface area contributed by atoms with Crippen molar-refractivity contribution in [2.75, 3.05) is 5.32 Å². The molecule has 7 heteroatoms. The lowest BCUT2D eigenvalue weighted by Gasteiger charge is -2.08. The molecule has 0 aliphatic heterocycles. The molecule has 1 atom stereocenters. The molecule has 1 amide bonds. The van der Waals surface area contributed by atoms with E-state index in [0.29, 0.717) is 11.5 Å². The smallest absolute Gasteiger partial charge is 0.260 e. The van der Waals surface area contributed by atoms with Crippen LogP contribution in [0.2, 0.25) is 0 Å². The minimum Gasteiger partial charge on any atom is -0.310 e. The average molecular weight is 335 g/mol. The highest BCUT2D eigenvalue weighted by Gasteiger charge is 2.61. The highest BCUT2D eigenvalue weighted by atomic mass is 19.3. The second-order valence-corrected chi connectivity index (χ2v) is 6.52. The summed E-state index contributed by atoms with van der Waals surface area (Å²) < 4.78 is 40.9. The summed E-state index contributed by atoms with van der Waals surface area (Å²) in [5.74, 6) is -4.46. The van der Waals surface area contributed by atoms with Crippen LogP contribution in [0.4, 0.5) is 19.0 Å². The molecule has 2 fully saturated rings. The van der Waals surface area contributed by atoms with Crippen molar-refractivity contribution in [3.8, 4) is 11.3 Å². The van der Waals surface area contributed by atoms with Crippen molar-refractivity contribution in [2.45, 2.75) is 31.1 Å². The number of anilines is 1. The molecule has 1 aromatic carbocycles. The topological polar surface area (TPSA) is 46.9 Å². The predicted molar refractivity (Wildman–Crippen MR) is 82.3 cm³/mol. The maximum Gasteiger partial charge on any atom is 0.260 e. The number of nitrogens with zero attached hydrogens (tertiary/aromatic N) is 2. The number of carbonyl (C=O) groups excluding carboxylic acids is 1. The van der Waals surface area contributed by atoms with Gasteiger partial charge in [0.2, 0.25) is 5.91 Å². The van der Waals surface area contributed by atoms with Crippen molar-refractivity contribution >= 4 is 11.7 Å². The lowest BCUT2D eigenvalue weighted by Crippen LogP contribution is -2.20. The third-order valence-corrected chi connectivity index (χ3v) is 4.57. The van der Waals surface area contributed by atoms with E-state index >= 15 is 0 Å². The molecular formula is C17H16F3N3O. The zero-order valence-electron chi connectivity index (χ0n) is 13.0. The van der Waals surface area contributed by atoms with E-state index in [1.807, 2.05) is 0 Å². The Hall–Kier alpha value is -2.31. The Bertz CT molecular complexity index is 809. The Balaban J connectivity index is 1.69. The predicted octanol–water partition coefficient (Wildman–Crippen LogP) is 3.70. The molecule has 4 rings (SSSR count). The summed E-state index contributed by atoms with van der Waals surface area (Å²) in [5.41, 5.74) is 2.26. The number of amides is 1. The molecule has 2 saturated carbocycles. The fourth-order valence-corrected chi connectivity index (χ4v) is 2.97. The van der Waals surface area contributed by atoms with Crippen molar-refractivity contribution in [1.82, 2.24) is 9.78 Å². The number of aryl methyl sites for hydroxylation is 1. The molecule has 0 radical (unpaired) electrons. The maximum atomic E-state index is 13.1. The van der Waals surface area contributed by atoms with Crippen molar-refractivity contribution in [3.05, 3.63) is 35.6 Å². The first-order valence-electron chi connectivity index (χ1n) is 7.88. The molecule has 0 spiro atoms. The molecule has 2 aliphatic rings. The van der Waals surface area contributed by atoms with E-state index in [-0.39, 0.29) is 11.7 Å². The highest BCUT2D eigenvalue weighted by molar-refractivity contribution is 5.96. The molecule has 1 heterocycles. The summed E-state index contributed by atoms with van der Waals surface area (Å²) in [6, 6.07) is 5.96. The van der Waals surface area contributed by atoms with E-state index in [4.69, 9.17) is 0 Å². The normalized spacial score (nSPS) is 21.6. The summed E-state index contributed by atoms with van der Waals surface area (Å²) in [6.45, 7) is 0. The summed E-state index contributed by atoms with van der Waals surface area (Å²) >= 11 is 0. The fraction of sp³-hybridized carbons (Fsp3) is 0.412. The Morgan fingerprint density at radius 2 is 1.92 bits per heavy atom. The zero-order chi connectivity index (χ0) is 17.1. The minimum absolute atomic E-state index is 0.244. The van der Waals surface area contributed by atoms with Crippen molar-refractivity contribution in [2.24, 2.45) is 13.0 Å². The van der Waals surface area contributed by atoms with Crippen molar-refractivity contribution in [3.63, 3.8) is 0 Å². The van der Waals surface area contributed by atoms with Gasteiger partial charge in [0.1, 0.15) is 17.6 Å². The van der Waals surface area contributed by atoms with Gasteiger partial charge in [-0.25, -0.2) is 13.2 Å². The molecule has 0 unspecified atom stereocenters. The van der Waals surface area contributed by atoms with E-state index in [1.165, 1.54) is 16.8 Å². The van der Waals surface area contributed by atoms with Gasteiger partial charge in [-0.1, -0.05) is 0 Å². The van der Waals surface area contributed by atoms with Gasteiger partial charge in [0, 0.05) is 24.6 Å². The first-order chi connectivity index (χ1) is 11.4. The van der Waals surface area contributed by atoms with Crippen LogP contribution in [0.15, 0.2) is 24.3 Å². The summed E-state index contributed by atoms with van der Waals surface area (Å²) in [7, 11) is 1.67. The van der Waals surface area contributed by atoms with Crippen LogP contribution in [0.1, 0.15) is 30.7 Å². The summed E-state index contributed by atoms with van der Waals surface area (Å²) in [4.78, 5) is 12.0. The number of halogens is 3. The number of rotatable bonds is 4. The van der Waals surface area contributed by atoms with Crippen LogP contribution in [0.5, 0.6) is 0 Å². The summed E-state index contributed by atoms with van der Waals surface area (Å²) in [5, 5.41) is 7.06. The molecule has 0 bridgehead atoms. The molecule has 1 N–H and O–H groups in total. The molecular weight excluding hydrogens is 319 g/mol. The molecule has 126 valence electrons. The first-order valence-corrected chi connectivity index (χ1v) is 7.88. The average Bonchev–Trinajstić information content (AvgIpc) is 3.43. The van der Waals surface area contributed by atoms with Crippen LogP contribution in [-0.4, -0.2) is 21.6 Å². The second kappa shape index (κ2) is 5.09. The van der Waals surface area contributed by atoms with Crippen LogP contribution < -0.4 is 5.32 Å². The molecule has 2 aromatic rings.